The minimum Gasteiger partial charge on any atom is -0.482 e. The summed E-state index contributed by atoms with van der Waals surface area (Å²) in [6, 6.07) is 9.24. The molecular weight excluding hydrogens is 340 g/mol. The van der Waals surface area contributed by atoms with Gasteiger partial charge in [0.25, 0.3) is 0 Å². The van der Waals surface area contributed by atoms with E-state index in [1.807, 2.05) is 0 Å². The van der Waals surface area contributed by atoms with Crippen molar-refractivity contribution in [1.82, 2.24) is 0 Å². The average molecular weight is 379 g/mol. The second-order valence-electron chi connectivity index (χ2n) is 8.99. The van der Waals surface area contributed by atoms with E-state index in [9.17, 15) is 0 Å². The number of rotatable bonds is 4. The molecule has 0 bridgehead atoms. The van der Waals surface area contributed by atoms with Crippen molar-refractivity contribution in [2.75, 3.05) is 0 Å². The van der Waals surface area contributed by atoms with Crippen LogP contribution in [0.4, 0.5) is 0 Å². The SMILES string of the molecule is CCC1(CC)c2ccc(C)c(C)c2OC(CC)(c2ccc(C)c(C)c2C)C1C. The Bertz CT molecular complexity index is 888. The fraction of sp³-hybridized carbons (Fsp3) is 0.556. The molecular formula is C27H38O. The summed E-state index contributed by atoms with van der Waals surface area (Å²) in [5, 5.41) is 0. The summed E-state index contributed by atoms with van der Waals surface area (Å²) in [7, 11) is 0. The number of benzene rings is 2. The highest BCUT2D eigenvalue weighted by Gasteiger charge is 2.55. The van der Waals surface area contributed by atoms with E-state index in [0.717, 1.165) is 25.0 Å². The van der Waals surface area contributed by atoms with Crippen LogP contribution in [0, 0.1) is 40.5 Å². The van der Waals surface area contributed by atoms with Gasteiger partial charge in [0.2, 0.25) is 0 Å². The Balaban J connectivity index is 2.38. The molecule has 3 rings (SSSR count). The third-order valence-electron chi connectivity index (χ3n) is 8.33. The fourth-order valence-electron chi connectivity index (χ4n) is 5.78. The van der Waals surface area contributed by atoms with E-state index < -0.39 is 0 Å². The van der Waals surface area contributed by atoms with Crippen molar-refractivity contribution in [3.63, 3.8) is 0 Å². The first-order valence-electron chi connectivity index (χ1n) is 11.1. The van der Waals surface area contributed by atoms with Crippen LogP contribution in [0.3, 0.4) is 0 Å². The Hall–Kier alpha value is -1.76. The van der Waals surface area contributed by atoms with E-state index in [1.165, 1.54) is 38.9 Å². The molecule has 0 saturated carbocycles. The van der Waals surface area contributed by atoms with Crippen molar-refractivity contribution in [3.8, 4) is 5.75 Å². The van der Waals surface area contributed by atoms with Crippen LogP contribution in [0.5, 0.6) is 5.75 Å². The second-order valence-corrected chi connectivity index (χ2v) is 8.99. The molecule has 0 amide bonds. The average Bonchev–Trinajstić information content (AvgIpc) is 2.70. The molecule has 0 radical (unpaired) electrons. The molecule has 152 valence electrons. The van der Waals surface area contributed by atoms with Crippen LogP contribution in [0.15, 0.2) is 24.3 Å². The van der Waals surface area contributed by atoms with Gasteiger partial charge in [-0.3, -0.25) is 0 Å². The normalized spacial score (nSPS) is 23.2. The van der Waals surface area contributed by atoms with Crippen LogP contribution in [-0.2, 0) is 11.0 Å². The van der Waals surface area contributed by atoms with Crippen molar-refractivity contribution in [3.05, 3.63) is 63.2 Å². The highest BCUT2D eigenvalue weighted by molar-refractivity contribution is 5.54. The molecule has 0 fully saturated rings. The summed E-state index contributed by atoms with van der Waals surface area (Å²) < 4.78 is 7.11. The predicted molar refractivity (Wildman–Crippen MR) is 121 cm³/mol. The van der Waals surface area contributed by atoms with E-state index >= 15 is 0 Å². The standard InChI is InChI=1S/C27H38O/c1-10-26(11-2)22(9)27(12-3,23-15-13-17(4)19(6)21(23)8)28-25-20(7)18(5)14-16-24(25)26/h13-16,22H,10-12H2,1-9H3. The predicted octanol–water partition coefficient (Wildman–Crippen LogP) is 7.62. The van der Waals surface area contributed by atoms with Crippen molar-refractivity contribution in [2.45, 2.75) is 92.6 Å². The first-order valence-corrected chi connectivity index (χ1v) is 11.1. The molecule has 2 atom stereocenters. The Kier molecular flexibility index (Phi) is 5.42. The zero-order chi connectivity index (χ0) is 20.9. The van der Waals surface area contributed by atoms with Crippen molar-refractivity contribution >= 4 is 0 Å². The number of hydrogen-bond acceptors (Lipinski definition) is 1. The third kappa shape index (κ3) is 2.65. The summed E-state index contributed by atoms with van der Waals surface area (Å²) >= 11 is 0. The molecule has 0 aromatic heterocycles. The summed E-state index contributed by atoms with van der Waals surface area (Å²) in [5.41, 5.74) is 9.40. The topological polar surface area (TPSA) is 9.23 Å². The molecule has 1 aliphatic rings. The lowest BCUT2D eigenvalue weighted by Crippen LogP contribution is -2.53. The van der Waals surface area contributed by atoms with E-state index in [1.54, 1.807) is 0 Å². The summed E-state index contributed by atoms with van der Waals surface area (Å²) in [6.07, 6.45) is 3.25. The molecule has 0 spiro atoms. The van der Waals surface area contributed by atoms with Gasteiger partial charge in [-0.05, 0) is 87.3 Å². The molecule has 2 unspecified atom stereocenters. The molecule has 0 N–H and O–H groups in total. The fourth-order valence-corrected chi connectivity index (χ4v) is 5.78. The van der Waals surface area contributed by atoms with Gasteiger partial charge in [-0.25, -0.2) is 0 Å². The maximum absolute atomic E-state index is 7.11. The minimum atomic E-state index is -0.292. The van der Waals surface area contributed by atoms with Gasteiger partial charge in [-0.15, -0.1) is 0 Å². The van der Waals surface area contributed by atoms with Crippen molar-refractivity contribution in [1.29, 1.82) is 0 Å². The molecule has 0 saturated heterocycles. The number of hydrogen-bond donors (Lipinski definition) is 0. The smallest absolute Gasteiger partial charge is 0.137 e. The van der Waals surface area contributed by atoms with E-state index in [-0.39, 0.29) is 11.0 Å². The third-order valence-corrected chi connectivity index (χ3v) is 8.33. The number of aryl methyl sites for hydroxylation is 2. The van der Waals surface area contributed by atoms with Crippen LogP contribution < -0.4 is 4.74 Å². The van der Waals surface area contributed by atoms with Gasteiger partial charge in [-0.2, -0.15) is 0 Å². The van der Waals surface area contributed by atoms with Crippen LogP contribution in [0.25, 0.3) is 0 Å². The van der Waals surface area contributed by atoms with Crippen molar-refractivity contribution in [2.24, 2.45) is 5.92 Å². The van der Waals surface area contributed by atoms with Gasteiger partial charge < -0.3 is 4.74 Å². The van der Waals surface area contributed by atoms with E-state index in [2.05, 4.69) is 86.6 Å². The highest BCUT2D eigenvalue weighted by Crippen LogP contribution is 2.58. The molecule has 1 aliphatic heterocycles. The van der Waals surface area contributed by atoms with Crippen LogP contribution >= 0.6 is 0 Å². The Morgan fingerprint density at radius 3 is 1.79 bits per heavy atom. The summed E-state index contributed by atoms with van der Waals surface area (Å²) in [5.74, 6) is 1.54. The zero-order valence-corrected chi connectivity index (χ0v) is 19.4. The number of ether oxygens (including phenoxy) is 1. The first kappa shape index (κ1) is 21.0. The maximum atomic E-state index is 7.11. The van der Waals surface area contributed by atoms with E-state index in [0.29, 0.717) is 5.92 Å². The molecule has 2 aromatic carbocycles. The van der Waals surface area contributed by atoms with Gasteiger partial charge in [0.05, 0.1) is 0 Å². The largest absolute Gasteiger partial charge is 0.482 e. The van der Waals surface area contributed by atoms with Gasteiger partial charge in [0.15, 0.2) is 0 Å². The molecule has 28 heavy (non-hydrogen) atoms. The molecule has 2 aromatic rings. The van der Waals surface area contributed by atoms with Crippen LogP contribution in [0.1, 0.15) is 85.9 Å². The van der Waals surface area contributed by atoms with Gasteiger partial charge in [-0.1, -0.05) is 52.0 Å². The van der Waals surface area contributed by atoms with E-state index in [4.69, 9.17) is 4.74 Å². The Morgan fingerprint density at radius 1 is 0.714 bits per heavy atom. The number of fused-ring (bicyclic) bond motifs is 1. The molecule has 1 heteroatoms. The van der Waals surface area contributed by atoms with Gasteiger partial charge in [0.1, 0.15) is 11.4 Å². The van der Waals surface area contributed by atoms with Gasteiger partial charge in [0, 0.05) is 16.9 Å². The van der Waals surface area contributed by atoms with Crippen LogP contribution in [0.2, 0.25) is 0 Å². The van der Waals surface area contributed by atoms with Crippen LogP contribution in [-0.4, -0.2) is 0 Å². The molecule has 1 heterocycles. The molecule has 0 aliphatic carbocycles. The lowest BCUT2D eigenvalue weighted by molar-refractivity contribution is -0.0569. The minimum absolute atomic E-state index is 0.132. The van der Waals surface area contributed by atoms with Crippen molar-refractivity contribution < 1.29 is 4.74 Å². The lowest BCUT2D eigenvalue weighted by Gasteiger charge is -2.55. The maximum Gasteiger partial charge on any atom is 0.137 e. The monoisotopic (exact) mass is 378 g/mol. The first-order chi connectivity index (χ1) is 13.2. The zero-order valence-electron chi connectivity index (χ0n) is 19.4. The Labute approximate surface area is 172 Å². The lowest BCUT2D eigenvalue weighted by atomic mass is 9.57. The quantitative estimate of drug-likeness (QED) is 0.531. The highest BCUT2D eigenvalue weighted by atomic mass is 16.5. The second kappa shape index (κ2) is 7.25. The summed E-state index contributed by atoms with van der Waals surface area (Å²) in [4.78, 5) is 0. The summed E-state index contributed by atoms with van der Waals surface area (Å²) in [6.45, 7) is 20.6. The molecule has 1 nitrogen and oxygen atoms in total. The van der Waals surface area contributed by atoms with Gasteiger partial charge >= 0.3 is 0 Å². The Morgan fingerprint density at radius 2 is 1.25 bits per heavy atom.